The molecule has 0 fully saturated rings. The number of hydrogen-bond acceptors (Lipinski definition) is 5. The SMILES string of the molecule is CCOC(=O)c1csc(CN(CCC(C)C)C(=O)Nc2cccc(C(F)(F)F)c2)n1. The Bertz CT molecular complexity index is 868. The number of carbonyl (C=O) groups excluding carboxylic acids is 2. The highest BCUT2D eigenvalue weighted by molar-refractivity contribution is 7.09. The van der Waals surface area contributed by atoms with Gasteiger partial charge in [0, 0.05) is 17.6 Å². The Morgan fingerprint density at radius 3 is 2.67 bits per heavy atom. The summed E-state index contributed by atoms with van der Waals surface area (Å²) in [4.78, 5) is 30.2. The van der Waals surface area contributed by atoms with Crippen molar-refractivity contribution in [3.63, 3.8) is 0 Å². The van der Waals surface area contributed by atoms with E-state index in [1.807, 2.05) is 13.8 Å². The highest BCUT2D eigenvalue weighted by atomic mass is 32.1. The van der Waals surface area contributed by atoms with Gasteiger partial charge in [0.2, 0.25) is 0 Å². The van der Waals surface area contributed by atoms with Gasteiger partial charge in [-0.1, -0.05) is 19.9 Å². The van der Waals surface area contributed by atoms with Crippen LogP contribution >= 0.6 is 11.3 Å². The van der Waals surface area contributed by atoms with Crippen molar-refractivity contribution in [2.45, 2.75) is 39.9 Å². The Hall–Kier alpha value is -2.62. The molecule has 0 saturated heterocycles. The van der Waals surface area contributed by atoms with Crippen molar-refractivity contribution in [2.75, 3.05) is 18.5 Å². The number of hydrogen-bond donors (Lipinski definition) is 1. The van der Waals surface area contributed by atoms with E-state index in [1.165, 1.54) is 28.4 Å². The van der Waals surface area contributed by atoms with Crippen LogP contribution < -0.4 is 5.32 Å². The summed E-state index contributed by atoms with van der Waals surface area (Å²) in [7, 11) is 0. The summed E-state index contributed by atoms with van der Waals surface area (Å²) in [5.41, 5.74) is -0.622. The molecule has 2 amide bonds. The van der Waals surface area contributed by atoms with E-state index in [0.29, 0.717) is 23.9 Å². The minimum atomic E-state index is -4.50. The van der Waals surface area contributed by atoms with Gasteiger partial charge in [-0.25, -0.2) is 14.6 Å². The van der Waals surface area contributed by atoms with Crippen molar-refractivity contribution in [1.29, 1.82) is 0 Å². The van der Waals surface area contributed by atoms with Gasteiger partial charge in [-0.15, -0.1) is 11.3 Å². The lowest BCUT2D eigenvalue weighted by atomic mass is 10.1. The van der Waals surface area contributed by atoms with Gasteiger partial charge >= 0.3 is 18.2 Å². The van der Waals surface area contributed by atoms with Crippen LogP contribution in [0.4, 0.5) is 23.7 Å². The van der Waals surface area contributed by atoms with Crippen LogP contribution in [0.15, 0.2) is 29.6 Å². The zero-order valence-corrected chi connectivity index (χ0v) is 17.8. The molecule has 6 nitrogen and oxygen atoms in total. The number of benzene rings is 1. The predicted molar refractivity (Wildman–Crippen MR) is 108 cm³/mol. The number of nitrogens with zero attached hydrogens (tertiary/aromatic N) is 2. The molecule has 0 aliphatic rings. The summed E-state index contributed by atoms with van der Waals surface area (Å²) in [5, 5.41) is 4.60. The fourth-order valence-corrected chi connectivity index (χ4v) is 3.27. The molecule has 30 heavy (non-hydrogen) atoms. The first kappa shape index (κ1) is 23.7. The Morgan fingerprint density at radius 2 is 2.03 bits per heavy atom. The lowest BCUT2D eigenvalue weighted by molar-refractivity contribution is -0.137. The van der Waals surface area contributed by atoms with Crippen LogP contribution in [0, 0.1) is 5.92 Å². The Kier molecular flexibility index (Phi) is 8.22. The molecule has 1 N–H and O–H groups in total. The number of amides is 2. The van der Waals surface area contributed by atoms with Crippen LogP contribution in [-0.4, -0.2) is 35.0 Å². The zero-order valence-electron chi connectivity index (χ0n) is 17.0. The molecular weight excluding hydrogens is 419 g/mol. The van der Waals surface area contributed by atoms with Crippen molar-refractivity contribution < 1.29 is 27.5 Å². The van der Waals surface area contributed by atoms with E-state index in [1.54, 1.807) is 12.3 Å². The van der Waals surface area contributed by atoms with E-state index in [4.69, 9.17) is 4.74 Å². The molecule has 1 aromatic heterocycles. The van der Waals surface area contributed by atoms with Crippen LogP contribution in [-0.2, 0) is 17.5 Å². The Labute approximate surface area is 177 Å². The number of rotatable bonds is 8. The highest BCUT2D eigenvalue weighted by Gasteiger charge is 2.30. The summed E-state index contributed by atoms with van der Waals surface area (Å²) in [6, 6.07) is 3.93. The van der Waals surface area contributed by atoms with E-state index in [0.717, 1.165) is 12.1 Å². The fraction of sp³-hybridized carbons (Fsp3) is 0.450. The molecule has 2 rings (SSSR count). The van der Waals surface area contributed by atoms with Crippen molar-refractivity contribution >= 4 is 29.0 Å². The number of halogens is 3. The first-order chi connectivity index (χ1) is 14.1. The van der Waals surface area contributed by atoms with Crippen molar-refractivity contribution in [1.82, 2.24) is 9.88 Å². The quantitative estimate of drug-likeness (QED) is 0.553. The summed E-state index contributed by atoms with van der Waals surface area (Å²) in [5.74, 6) is -0.220. The number of nitrogens with one attached hydrogen (secondary N) is 1. The third kappa shape index (κ3) is 7.01. The van der Waals surface area contributed by atoms with E-state index < -0.39 is 23.7 Å². The average molecular weight is 443 g/mol. The lowest BCUT2D eigenvalue weighted by Crippen LogP contribution is -2.35. The number of alkyl halides is 3. The number of anilines is 1. The number of thiazole rings is 1. The van der Waals surface area contributed by atoms with E-state index in [-0.39, 0.29) is 24.5 Å². The predicted octanol–water partition coefficient (Wildman–Crippen LogP) is 5.42. The van der Waals surface area contributed by atoms with Gasteiger partial charge in [0.25, 0.3) is 0 Å². The maximum absolute atomic E-state index is 12.9. The number of aromatic nitrogens is 1. The first-order valence-electron chi connectivity index (χ1n) is 9.44. The molecule has 1 aromatic carbocycles. The largest absolute Gasteiger partial charge is 0.461 e. The monoisotopic (exact) mass is 443 g/mol. The topological polar surface area (TPSA) is 71.5 Å². The van der Waals surface area contributed by atoms with Gasteiger partial charge in [-0.3, -0.25) is 0 Å². The Morgan fingerprint density at radius 1 is 1.30 bits per heavy atom. The number of ether oxygens (including phenoxy) is 1. The van der Waals surface area contributed by atoms with Crippen molar-refractivity contribution in [3.8, 4) is 0 Å². The van der Waals surface area contributed by atoms with Gasteiger partial charge in [0.1, 0.15) is 5.01 Å². The van der Waals surface area contributed by atoms with E-state index in [2.05, 4.69) is 10.3 Å². The molecule has 0 saturated carbocycles. The van der Waals surface area contributed by atoms with Crippen molar-refractivity contribution in [2.24, 2.45) is 5.92 Å². The fourth-order valence-electron chi connectivity index (χ4n) is 2.49. The van der Waals surface area contributed by atoms with Crippen LogP contribution in [0.3, 0.4) is 0 Å². The third-order valence-electron chi connectivity index (χ3n) is 4.07. The lowest BCUT2D eigenvalue weighted by Gasteiger charge is -2.23. The van der Waals surface area contributed by atoms with Crippen LogP contribution in [0.2, 0.25) is 0 Å². The molecule has 0 aliphatic heterocycles. The van der Waals surface area contributed by atoms with Gasteiger partial charge < -0.3 is 15.0 Å². The molecule has 0 bridgehead atoms. The van der Waals surface area contributed by atoms with Gasteiger partial charge in [0.15, 0.2) is 5.69 Å². The molecule has 0 unspecified atom stereocenters. The number of carbonyl (C=O) groups is 2. The molecule has 0 atom stereocenters. The molecule has 1 heterocycles. The van der Waals surface area contributed by atoms with E-state index >= 15 is 0 Å². The normalized spacial score (nSPS) is 11.4. The first-order valence-corrected chi connectivity index (χ1v) is 10.3. The summed E-state index contributed by atoms with van der Waals surface area (Å²) in [6.45, 7) is 6.44. The van der Waals surface area contributed by atoms with Gasteiger partial charge in [0.05, 0.1) is 18.7 Å². The minimum absolute atomic E-state index is 0.0516. The second-order valence-electron chi connectivity index (χ2n) is 6.96. The van der Waals surface area contributed by atoms with Crippen LogP contribution in [0.1, 0.15) is 48.3 Å². The number of esters is 1. The molecule has 164 valence electrons. The number of urea groups is 1. The van der Waals surface area contributed by atoms with Gasteiger partial charge in [-0.05, 0) is 37.5 Å². The zero-order chi connectivity index (χ0) is 22.3. The molecule has 0 spiro atoms. The highest BCUT2D eigenvalue weighted by Crippen LogP contribution is 2.30. The van der Waals surface area contributed by atoms with Gasteiger partial charge in [-0.2, -0.15) is 13.2 Å². The molecule has 2 aromatic rings. The summed E-state index contributed by atoms with van der Waals surface area (Å²) in [6.07, 6.45) is -3.80. The standard InChI is InChI=1S/C20H24F3N3O3S/c1-4-29-18(27)16-12-30-17(25-16)11-26(9-8-13(2)3)19(28)24-15-7-5-6-14(10-15)20(21,22)23/h5-7,10,12-13H,4,8-9,11H2,1-3H3,(H,24,28). The van der Waals surface area contributed by atoms with Crippen molar-refractivity contribution in [3.05, 3.63) is 45.9 Å². The maximum atomic E-state index is 12.9. The smallest absolute Gasteiger partial charge is 0.416 e. The molecule has 0 radical (unpaired) electrons. The summed E-state index contributed by atoms with van der Waals surface area (Å²) < 4.78 is 43.7. The average Bonchev–Trinajstić information content (AvgIpc) is 3.13. The second-order valence-corrected chi connectivity index (χ2v) is 7.90. The molecular formula is C20H24F3N3O3S. The Balaban J connectivity index is 2.14. The summed E-state index contributed by atoms with van der Waals surface area (Å²) >= 11 is 1.21. The maximum Gasteiger partial charge on any atom is 0.416 e. The second kappa shape index (κ2) is 10.4. The minimum Gasteiger partial charge on any atom is -0.461 e. The molecule has 10 heteroatoms. The third-order valence-corrected chi connectivity index (χ3v) is 4.90. The van der Waals surface area contributed by atoms with E-state index in [9.17, 15) is 22.8 Å². The van der Waals surface area contributed by atoms with Crippen LogP contribution in [0.5, 0.6) is 0 Å². The van der Waals surface area contributed by atoms with Crippen LogP contribution in [0.25, 0.3) is 0 Å². The molecule has 0 aliphatic carbocycles.